The SMILES string of the molecule is CCn1cc(C=C2SC(=S)N(C(Cc3ccccc3)C(=O)O)C2=O)cn1. The Bertz CT molecular complexity index is 877. The normalized spacial score (nSPS) is 17.1. The van der Waals surface area contributed by atoms with Crippen molar-refractivity contribution in [3.8, 4) is 0 Å². The number of aromatic nitrogens is 2. The van der Waals surface area contributed by atoms with E-state index in [1.807, 2.05) is 43.5 Å². The van der Waals surface area contributed by atoms with Crippen LogP contribution >= 0.6 is 24.0 Å². The van der Waals surface area contributed by atoms with E-state index in [0.29, 0.717) is 4.91 Å². The number of rotatable bonds is 6. The van der Waals surface area contributed by atoms with E-state index in [9.17, 15) is 14.7 Å². The zero-order valence-electron chi connectivity index (χ0n) is 14.0. The molecule has 8 heteroatoms. The minimum Gasteiger partial charge on any atom is -0.480 e. The zero-order chi connectivity index (χ0) is 18.7. The number of carbonyl (C=O) groups excluding carboxylic acids is 1. The van der Waals surface area contributed by atoms with Gasteiger partial charge in [0.1, 0.15) is 10.4 Å². The lowest BCUT2D eigenvalue weighted by Gasteiger charge is -2.23. The van der Waals surface area contributed by atoms with Crippen molar-refractivity contribution in [3.63, 3.8) is 0 Å². The molecule has 6 nitrogen and oxygen atoms in total. The van der Waals surface area contributed by atoms with Crippen molar-refractivity contribution in [1.29, 1.82) is 0 Å². The summed E-state index contributed by atoms with van der Waals surface area (Å²) in [5.74, 6) is -1.46. The quantitative estimate of drug-likeness (QED) is 0.607. The molecule has 1 aliphatic heterocycles. The van der Waals surface area contributed by atoms with Crippen molar-refractivity contribution >= 4 is 46.3 Å². The van der Waals surface area contributed by atoms with E-state index in [4.69, 9.17) is 12.2 Å². The first-order valence-electron chi connectivity index (χ1n) is 8.06. The molecule has 0 aliphatic carbocycles. The Morgan fingerprint density at radius 3 is 2.73 bits per heavy atom. The Hall–Kier alpha value is -2.45. The van der Waals surface area contributed by atoms with Gasteiger partial charge in [0.05, 0.1) is 11.1 Å². The Balaban J connectivity index is 1.85. The largest absolute Gasteiger partial charge is 0.480 e. The molecule has 3 rings (SSSR count). The van der Waals surface area contributed by atoms with Crippen LogP contribution in [0.5, 0.6) is 0 Å². The molecule has 1 unspecified atom stereocenters. The van der Waals surface area contributed by atoms with Crippen molar-refractivity contribution in [1.82, 2.24) is 14.7 Å². The lowest BCUT2D eigenvalue weighted by Crippen LogP contribution is -2.45. The van der Waals surface area contributed by atoms with Gasteiger partial charge in [0.2, 0.25) is 0 Å². The minimum atomic E-state index is -1.08. The number of nitrogens with zero attached hydrogens (tertiary/aromatic N) is 3. The van der Waals surface area contributed by atoms with Crippen LogP contribution < -0.4 is 0 Å². The maximum absolute atomic E-state index is 12.8. The summed E-state index contributed by atoms with van der Waals surface area (Å²) in [6.45, 7) is 2.70. The number of carboxylic acids is 1. The number of carboxylic acid groups (broad SMARTS) is 1. The van der Waals surface area contributed by atoms with Gasteiger partial charge in [0, 0.05) is 24.7 Å². The first-order valence-corrected chi connectivity index (χ1v) is 9.28. The number of aliphatic carboxylic acids is 1. The summed E-state index contributed by atoms with van der Waals surface area (Å²) in [4.78, 5) is 26.2. The monoisotopic (exact) mass is 387 g/mol. The van der Waals surface area contributed by atoms with E-state index in [1.165, 1.54) is 4.90 Å². The van der Waals surface area contributed by atoms with Crippen LogP contribution in [0.4, 0.5) is 0 Å². The van der Waals surface area contributed by atoms with Crippen LogP contribution in [-0.4, -0.2) is 42.0 Å². The van der Waals surface area contributed by atoms with Gasteiger partial charge in [-0.1, -0.05) is 54.3 Å². The highest BCUT2D eigenvalue weighted by atomic mass is 32.2. The lowest BCUT2D eigenvalue weighted by atomic mass is 10.0. The average molecular weight is 387 g/mol. The summed E-state index contributed by atoms with van der Waals surface area (Å²) in [7, 11) is 0. The molecule has 1 aromatic heterocycles. The van der Waals surface area contributed by atoms with Gasteiger partial charge in [-0.05, 0) is 18.6 Å². The molecule has 0 saturated carbocycles. The molecule has 2 aromatic rings. The fraction of sp³-hybridized carbons (Fsp3) is 0.222. The molecular weight excluding hydrogens is 370 g/mol. The molecule has 1 atom stereocenters. The number of thiocarbonyl (C=S) groups is 1. The van der Waals surface area contributed by atoms with E-state index >= 15 is 0 Å². The van der Waals surface area contributed by atoms with Crippen LogP contribution in [0.2, 0.25) is 0 Å². The third-order valence-corrected chi connectivity index (χ3v) is 5.30. The van der Waals surface area contributed by atoms with Gasteiger partial charge in [-0.2, -0.15) is 5.10 Å². The van der Waals surface area contributed by atoms with Crippen LogP contribution in [0.25, 0.3) is 6.08 Å². The summed E-state index contributed by atoms with van der Waals surface area (Å²) in [6.07, 6.45) is 5.38. The Morgan fingerprint density at radius 1 is 1.38 bits per heavy atom. The summed E-state index contributed by atoms with van der Waals surface area (Å²) in [6, 6.07) is 8.17. The molecule has 1 saturated heterocycles. The Kier molecular flexibility index (Phi) is 5.53. The van der Waals surface area contributed by atoms with E-state index in [-0.39, 0.29) is 16.6 Å². The summed E-state index contributed by atoms with van der Waals surface area (Å²) < 4.78 is 2.01. The maximum atomic E-state index is 12.8. The molecule has 26 heavy (non-hydrogen) atoms. The number of hydrogen-bond donors (Lipinski definition) is 1. The van der Waals surface area contributed by atoms with Crippen molar-refractivity contribution in [2.45, 2.75) is 25.9 Å². The summed E-state index contributed by atoms with van der Waals surface area (Å²) in [5.41, 5.74) is 1.62. The van der Waals surface area contributed by atoms with Crippen molar-refractivity contribution in [3.05, 3.63) is 58.8 Å². The van der Waals surface area contributed by atoms with Gasteiger partial charge in [0.25, 0.3) is 5.91 Å². The van der Waals surface area contributed by atoms with Gasteiger partial charge in [0.15, 0.2) is 0 Å². The van der Waals surface area contributed by atoms with Crippen LogP contribution in [-0.2, 0) is 22.6 Å². The van der Waals surface area contributed by atoms with Gasteiger partial charge in [-0.3, -0.25) is 14.4 Å². The number of benzene rings is 1. The topological polar surface area (TPSA) is 75.4 Å². The van der Waals surface area contributed by atoms with Crippen molar-refractivity contribution in [2.24, 2.45) is 0 Å². The second-order valence-electron chi connectivity index (χ2n) is 5.72. The standard InChI is InChI=1S/C18H17N3O3S2/c1-2-20-11-13(10-19-20)9-15-16(22)21(18(25)26-15)14(17(23)24)8-12-6-4-3-5-7-12/h3-7,9-11,14H,2,8H2,1H3,(H,23,24). The van der Waals surface area contributed by atoms with Gasteiger partial charge < -0.3 is 5.11 Å². The first kappa shape index (κ1) is 18.3. The molecule has 2 heterocycles. The maximum Gasteiger partial charge on any atom is 0.327 e. The van der Waals surface area contributed by atoms with E-state index in [1.54, 1.807) is 17.0 Å². The highest BCUT2D eigenvalue weighted by Crippen LogP contribution is 2.34. The number of amides is 1. The highest BCUT2D eigenvalue weighted by molar-refractivity contribution is 8.26. The molecule has 1 N–H and O–H groups in total. The van der Waals surface area contributed by atoms with Crippen molar-refractivity contribution < 1.29 is 14.7 Å². The molecule has 1 aromatic carbocycles. The average Bonchev–Trinajstić information content (AvgIpc) is 3.19. The molecule has 1 aliphatic rings. The molecular formula is C18H17N3O3S2. The third kappa shape index (κ3) is 3.86. The van der Waals surface area contributed by atoms with Crippen molar-refractivity contribution in [2.75, 3.05) is 0 Å². The van der Waals surface area contributed by atoms with Crippen LogP contribution in [0.1, 0.15) is 18.1 Å². The van der Waals surface area contributed by atoms with E-state index in [2.05, 4.69) is 5.10 Å². The molecule has 134 valence electrons. The summed E-state index contributed by atoms with van der Waals surface area (Å²) in [5, 5.41) is 13.8. The minimum absolute atomic E-state index is 0.198. The van der Waals surface area contributed by atoms with Gasteiger partial charge >= 0.3 is 5.97 Å². The predicted molar refractivity (Wildman–Crippen MR) is 104 cm³/mol. The van der Waals surface area contributed by atoms with Crippen LogP contribution in [0.3, 0.4) is 0 Å². The molecule has 0 radical (unpaired) electrons. The fourth-order valence-electron chi connectivity index (χ4n) is 2.65. The van der Waals surface area contributed by atoms with Crippen LogP contribution in [0.15, 0.2) is 47.6 Å². The van der Waals surface area contributed by atoms with Crippen LogP contribution in [0, 0.1) is 0 Å². The number of thioether (sulfide) groups is 1. The summed E-state index contributed by atoms with van der Waals surface area (Å²) >= 11 is 6.41. The van der Waals surface area contributed by atoms with Gasteiger partial charge in [-0.15, -0.1) is 0 Å². The number of hydrogen-bond acceptors (Lipinski definition) is 5. The molecule has 1 amide bonds. The Labute approximate surface area is 160 Å². The smallest absolute Gasteiger partial charge is 0.327 e. The number of aryl methyl sites for hydroxylation is 1. The second-order valence-corrected chi connectivity index (χ2v) is 7.40. The number of carbonyl (C=O) groups is 2. The van der Waals surface area contributed by atoms with E-state index < -0.39 is 12.0 Å². The highest BCUT2D eigenvalue weighted by Gasteiger charge is 2.40. The first-order chi connectivity index (χ1) is 12.5. The predicted octanol–water partition coefficient (Wildman–Crippen LogP) is 2.80. The van der Waals surface area contributed by atoms with Gasteiger partial charge in [-0.25, -0.2) is 4.79 Å². The van der Waals surface area contributed by atoms with E-state index in [0.717, 1.165) is 29.4 Å². The Morgan fingerprint density at radius 2 is 2.12 bits per heavy atom. The zero-order valence-corrected chi connectivity index (χ0v) is 15.7. The molecule has 1 fully saturated rings. The lowest BCUT2D eigenvalue weighted by molar-refractivity contribution is -0.145. The fourth-order valence-corrected chi connectivity index (χ4v) is 4.01. The third-order valence-electron chi connectivity index (χ3n) is 3.97. The molecule has 0 bridgehead atoms. The second kappa shape index (κ2) is 7.84. The molecule has 0 spiro atoms.